The number of nitrogens with one attached hydrogen (secondary N) is 1. The van der Waals surface area contributed by atoms with Gasteiger partial charge in [0.25, 0.3) is 0 Å². The van der Waals surface area contributed by atoms with Gasteiger partial charge in [-0.2, -0.15) is 0 Å². The second-order valence-corrected chi connectivity index (χ2v) is 4.94. The van der Waals surface area contributed by atoms with Gasteiger partial charge in [0.2, 0.25) is 0 Å². The summed E-state index contributed by atoms with van der Waals surface area (Å²) in [5, 5.41) is 2.64. The van der Waals surface area contributed by atoms with Gasteiger partial charge in [-0.3, -0.25) is 0 Å². The molecule has 1 aromatic rings. The summed E-state index contributed by atoms with van der Waals surface area (Å²) in [5.41, 5.74) is 0.831. The van der Waals surface area contributed by atoms with Gasteiger partial charge in [0.05, 0.1) is 11.6 Å². The standard InChI is InChI=1S/C9H13NO2S/c1-10-8-13(11,12)7-9-5-3-2-4-6-9/h2-6,10H,7-8H2,1H3. The van der Waals surface area contributed by atoms with Crippen LogP contribution in [0.1, 0.15) is 5.56 Å². The number of hydrogen-bond acceptors (Lipinski definition) is 3. The Kier molecular flexibility index (Phi) is 3.45. The van der Waals surface area contributed by atoms with Gasteiger partial charge in [0.1, 0.15) is 0 Å². The molecule has 0 fully saturated rings. The van der Waals surface area contributed by atoms with Gasteiger partial charge in [-0.15, -0.1) is 0 Å². The van der Waals surface area contributed by atoms with E-state index in [2.05, 4.69) is 5.32 Å². The van der Waals surface area contributed by atoms with Gasteiger partial charge in [0, 0.05) is 0 Å². The minimum absolute atomic E-state index is 0.0297. The molecular formula is C9H13NO2S. The highest BCUT2D eigenvalue weighted by molar-refractivity contribution is 7.90. The van der Waals surface area contributed by atoms with E-state index in [4.69, 9.17) is 0 Å². The van der Waals surface area contributed by atoms with Crippen LogP contribution in [0.25, 0.3) is 0 Å². The molecule has 0 saturated carbocycles. The first-order valence-electron chi connectivity index (χ1n) is 4.03. The maximum atomic E-state index is 11.3. The van der Waals surface area contributed by atoms with Crippen molar-refractivity contribution in [1.82, 2.24) is 5.32 Å². The van der Waals surface area contributed by atoms with Gasteiger partial charge >= 0.3 is 0 Å². The quantitative estimate of drug-likeness (QED) is 0.779. The summed E-state index contributed by atoms with van der Waals surface area (Å²) in [7, 11) is -1.37. The highest BCUT2D eigenvalue weighted by atomic mass is 32.2. The molecule has 3 nitrogen and oxygen atoms in total. The van der Waals surface area contributed by atoms with Crippen molar-refractivity contribution in [3.8, 4) is 0 Å². The Labute approximate surface area is 78.7 Å². The zero-order valence-electron chi connectivity index (χ0n) is 7.53. The maximum absolute atomic E-state index is 11.3. The Bertz CT molecular complexity index is 345. The van der Waals surface area contributed by atoms with Crippen LogP contribution in [0, 0.1) is 0 Å². The van der Waals surface area contributed by atoms with Crippen LogP contribution in [0.2, 0.25) is 0 Å². The van der Waals surface area contributed by atoms with Crippen molar-refractivity contribution in [2.24, 2.45) is 0 Å². The van der Waals surface area contributed by atoms with Crippen LogP contribution in [0.4, 0.5) is 0 Å². The van der Waals surface area contributed by atoms with E-state index in [1.807, 2.05) is 30.3 Å². The van der Waals surface area contributed by atoms with E-state index in [9.17, 15) is 8.42 Å². The van der Waals surface area contributed by atoms with E-state index < -0.39 is 9.84 Å². The number of hydrogen-bond donors (Lipinski definition) is 1. The molecule has 1 N–H and O–H groups in total. The third-order valence-corrected chi connectivity index (χ3v) is 3.10. The molecule has 0 radical (unpaired) electrons. The number of sulfone groups is 1. The SMILES string of the molecule is CNCS(=O)(=O)Cc1ccccc1. The molecule has 0 atom stereocenters. The molecule has 0 spiro atoms. The average Bonchev–Trinajstić information content (AvgIpc) is 2.04. The summed E-state index contributed by atoms with van der Waals surface area (Å²) in [6.07, 6.45) is 0. The van der Waals surface area contributed by atoms with Crippen LogP contribution >= 0.6 is 0 Å². The van der Waals surface area contributed by atoms with Crippen molar-refractivity contribution in [3.05, 3.63) is 35.9 Å². The van der Waals surface area contributed by atoms with Gasteiger partial charge in [-0.25, -0.2) is 8.42 Å². The van der Waals surface area contributed by atoms with Gasteiger partial charge in [-0.1, -0.05) is 30.3 Å². The topological polar surface area (TPSA) is 46.2 Å². The minimum Gasteiger partial charge on any atom is -0.307 e. The smallest absolute Gasteiger partial charge is 0.167 e. The summed E-state index contributed by atoms with van der Waals surface area (Å²) in [4.78, 5) is 0. The summed E-state index contributed by atoms with van der Waals surface area (Å²) < 4.78 is 22.7. The van der Waals surface area contributed by atoms with Crippen molar-refractivity contribution in [2.45, 2.75) is 5.75 Å². The van der Waals surface area contributed by atoms with E-state index in [0.29, 0.717) is 0 Å². The van der Waals surface area contributed by atoms with Gasteiger partial charge < -0.3 is 5.32 Å². The van der Waals surface area contributed by atoms with Gasteiger partial charge in [0.15, 0.2) is 9.84 Å². The minimum atomic E-state index is -3.00. The van der Waals surface area contributed by atoms with Crippen molar-refractivity contribution < 1.29 is 8.42 Å². The molecule has 0 unspecified atom stereocenters. The van der Waals surface area contributed by atoms with Crippen LogP contribution in [-0.2, 0) is 15.6 Å². The lowest BCUT2D eigenvalue weighted by molar-refractivity contribution is 0.591. The maximum Gasteiger partial charge on any atom is 0.167 e. The Morgan fingerprint density at radius 1 is 1.23 bits per heavy atom. The van der Waals surface area contributed by atoms with Crippen molar-refractivity contribution in [3.63, 3.8) is 0 Å². The Hall–Kier alpha value is -0.870. The van der Waals surface area contributed by atoms with Crippen LogP contribution in [0.5, 0.6) is 0 Å². The lowest BCUT2D eigenvalue weighted by Gasteiger charge is -2.02. The molecule has 4 heteroatoms. The monoisotopic (exact) mass is 199 g/mol. The molecule has 0 heterocycles. The van der Waals surface area contributed by atoms with Crippen LogP contribution in [-0.4, -0.2) is 21.3 Å². The Morgan fingerprint density at radius 2 is 1.85 bits per heavy atom. The van der Waals surface area contributed by atoms with Crippen molar-refractivity contribution in [2.75, 3.05) is 12.9 Å². The highest BCUT2D eigenvalue weighted by Gasteiger charge is 2.09. The second-order valence-electron chi connectivity index (χ2n) is 2.87. The van der Waals surface area contributed by atoms with Crippen LogP contribution in [0.3, 0.4) is 0 Å². The normalized spacial score (nSPS) is 11.5. The van der Waals surface area contributed by atoms with Gasteiger partial charge in [-0.05, 0) is 12.6 Å². The van der Waals surface area contributed by atoms with Crippen molar-refractivity contribution in [1.29, 1.82) is 0 Å². The van der Waals surface area contributed by atoms with Crippen molar-refractivity contribution >= 4 is 9.84 Å². The predicted octanol–water partition coefficient (Wildman–Crippen LogP) is 0.778. The predicted molar refractivity (Wildman–Crippen MR) is 53.0 cm³/mol. The second kappa shape index (κ2) is 4.39. The van der Waals surface area contributed by atoms with Crippen LogP contribution < -0.4 is 5.32 Å². The molecule has 0 bridgehead atoms. The Balaban J connectivity index is 2.70. The largest absolute Gasteiger partial charge is 0.307 e. The molecule has 0 amide bonds. The molecule has 0 saturated heterocycles. The van der Waals surface area contributed by atoms with Crippen LogP contribution in [0.15, 0.2) is 30.3 Å². The summed E-state index contributed by atoms with van der Waals surface area (Å²) in [6.45, 7) is 0. The zero-order valence-corrected chi connectivity index (χ0v) is 8.34. The molecule has 0 aromatic heterocycles. The lowest BCUT2D eigenvalue weighted by Crippen LogP contribution is -2.20. The van der Waals surface area contributed by atoms with E-state index in [0.717, 1.165) is 5.56 Å². The summed E-state index contributed by atoms with van der Waals surface area (Å²) >= 11 is 0. The molecule has 0 aliphatic heterocycles. The Morgan fingerprint density at radius 3 is 2.38 bits per heavy atom. The van der Waals surface area contributed by atoms with E-state index in [1.54, 1.807) is 7.05 Å². The fraction of sp³-hybridized carbons (Fsp3) is 0.333. The molecular weight excluding hydrogens is 186 g/mol. The molecule has 0 aliphatic carbocycles. The molecule has 0 aliphatic rings. The number of rotatable bonds is 4. The third kappa shape index (κ3) is 3.57. The first-order chi connectivity index (χ1) is 6.14. The first-order valence-corrected chi connectivity index (χ1v) is 5.85. The fourth-order valence-corrected chi connectivity index (χ4v) is 2.34. The summed E-state index contributed by atoms with van der Waals surface area (Å²) in [6, 6.07) is 9.17. The zero-order chi connectivity index (χ0) is 9.73. The lowest BCUT2D eigenvalue weighted by atomic mass is 10.2. The summed E-state index contributed by atoms with van der Waals surface area (Å²) in [5.74, 6) is 0.135. The van der Waals surface area contributed by atoms with E-state index >= 15 is 0 Å². The highest BCUT2D eigenvalue weighted by Crippen LogP contribution is 2.04. The average molecular weight is 199 g/mol. The third-order valence-electron chi connectivity index (χ3n) is 1.59. The molecule has 1 rings (SSSR count). The van der Waals surface area contributed by atoms with E-state index in [-0.39, 0.29) is 11.6 Å². The number of benzene rings is 1. The fourth-order valence-electron chi connectivity index (χ4n) is 1.10. The molecule has 72 valence electrons. The molecule has 13 heavy (non-hydrogen) atoms. The first kappa shape index (κ1) is 10.2. The molecule has 1 aromatic carbocycles. The van der Waals surface area contributed by atoms with E-state index in [1.165, 1.54) is 0 Å².